The van der Waals surface area contributed by atoms with E-state index in [1.54, 1.807) is 6.26 Å². The SMILES string of the molecule is C/C(=C\c1ccco1)CN=C=O. The summed E-state index contributed by atoms with van der Waals surface area (Å²) >= 11 is 0. The number of hydrogen-bond donors (Lipinski definition) is 0. The Morgan fingerprint density at radius 3 is 3.25 bits per heavy atom. The second-order valence-electron chi connectivity index (χ2n) is 2.41. The van der Waals surface area contributed by atoms with E-state index in [1.165, 1.54) is 6.08 Å². The van der Waals surface area contributed by atoms with Crippen LogP contribution in [-0.2, 0) is 4.79 Å². The quantitative estimate of drug-likeness (QED) is 0.505. The van der Waals surface area contributed by atoms with Gasteiger partial charge >= 0.3 is 0 Å². The minimum absolute atomic E-state index is 0.379. The van der Waals surface area contributed by atoms with Crippen LogP contribution in [0.2, 0.25) is 0 Å². The highest BCUT2D eigenvalue weighted by Gasteiger charge is 1.91. The van der Waals surface area contributed by atoms with E-state index >= 15 is 0 Å². The van der Waals surface area contributed by atoms with E-state index in [0.29, 0.717) is 6.54 Å². The Hall–Kier alpha value is -1.60. The van der Waals surface area contributed by atoms with Gasteiger partial charge in [-0.25, -0.2) is 9.79 Å². The van der Waals surface area contributed by atoms with Gasteiger partial charge in [-0.15, -0.1) is 0 Å². The number of carbonyl (C=O) groups excluding carboxylic acids is 1. The summed E-state index contributed by atoms with van der Waals surface area (Å²) in [7, 11) is 0. The van der Waals surface area contributed by atoms with Crippen molar-refractivity contribution in [3.05, 3.63) is 29.7 Å². The zero-order valence-corrected chi connectivity index (χ0v) is 6.78. The molecule has 1 aromatic heterocycles. The summed E-state index contributed by atoms with van der Waals surface area (Å²) in [4.78, 5) is 13.2. The van der Waals surface area contributed by atoms with Crippen molar-refractivity contribution in [2.75, 3.05) is 6.54 Å². The van der Waals surface area contributed by atoms with Gasteiger partial charge in [0.25, 0.3) is 0 Å². The van der Waals surface area contributed by atoms with Gasteiger partial charge in [0.2, 0.25) is 6.08 Å². The molecular formula is C9H9NO2. The molecule has 0 aliphatic heterocycles. The van der Waals surface area contributed by atoms with E-state index in [2.05, 4.69) is 4.99 Å². The number of furan rings is 1. The molecule has 0 spiro atoms. The van der Waals surface area contributed by atoms with Gasteiger partial charge in [-0.3, -0.25) is 0 Å². The van der Waals surface area contributed by atoms with Crippen LogP contribution in [0.4, 0.5) is 0 Å². The van der Waals surface area contributed by atoms with Crippen molar-refractivity contribution in [3.63, 3.8) is 0 Å². The minimum Gasteiger partial charge on any atom is -0.465 e. The number of nitrogens with zero attached hydrogens (tertiary/aromatic N) is 1. The van der Waals surface area contributed by atoms with Gasteiger partial charge in [0, 0.05) is 0 Å². The van der Waals surface area contributed by atoms with Crippen LogP contribution in [0.5, 0.6) is 0 Å². The van der Waals surface area contributed by atoms with E-state index in [9.17, 15) is 4.79 Å². The molecule has 3 nitrogen and oxygen atoms in total. The molecule has 0 unspecified atom stereocenters. The van der Waals surface area contributed by atoms with Crippen molar-refractivity contribution in [3.8, 4) is 0 Å². The molecule has 0 amide bonds. The number of isocyanates is 1. The molecule has 0 aliphatic rings. The lowest BCUT2D eigenvalue weighted by molar-refractivity contribution is 0.556. The second kappa shape index (κ2) is 4.31. The average Bonchev–Trinajstić information content (AvgIpc) is 2.53. The monoisotopic (exact) mass is 163 g/mol. The molecule has 0 saturated carbocycles. The molecule has 0 atom stereocenters. The largest absolute Gasteiger partial charge is 0.465 e. The summed E-state index contributed by atoms with van der Waals surface area (Å²) in [6, 6.07) is 3.65. The Balaban J connectivity index is 2.63. The lowest BCUT2D eigenvalue weighted by Gasteiger charge is -1.90. The summed E-state index contributed by atoms with van der Waals surface area (Å²) in [6.07, 6.45) is 4.92. The van der Waals surface area contributed by atoms with Crippen LogP contribution in [0.25, 0.3) is 6.08 Å². The van der Waals surface area contributed by atoms with Crippen molar-refractivity contribution in [2.24, 2.45) is 4.99 Å². The molecule has 0 aromatic carbocycles. The first-order valence-electron chi connectivity index (χ1n) is 3.57. The van der Waals surface area contributed by atoms with Gasteiger partial charge in [0.05, 0.1) is 12.8 Å². The Morgan fingerprint density at radius 2 is 2.67 bits per heavy atom. The van der Waals surface area contributed by atoms with Gasteiger partial charge in [0.15, 0.2) is 0 Å². The highest BCUT2D eigenvalue weighted by Crippen LogP contribution is 2.06. The molecule has 12 heavy (non-hydrogen) atoms. The topological polar surface area (TPSA) is 42.6 Å². The fraction of sp³-hybridized carbons (Fsp3) is 0.222. The first-order chi connectivity index (χ1) is 5.83. The maximum Gasteiger partial charge on any atom is 0.235 e. The Morgan fingerprint density at radius 1 is 1.83 bits per heavy atom. The van der Waals surface area contributed by atoms with Crippen LogP contribution in [0.1, 0.15) is 12.7 Å². The van der Waals surface area contributed by atoms with Gasteiger partial charge in [-0.05, 0) is 30.7 Å². The van der Waals surface area contributed by atoms with Crippen LogP contribution in [0.15, 0.2) is 33.4 Å². The summed E-state index contributed by atoms with van der Waals surface area (Å²) < 4.78 is 5.07. The van der Waals surface area contributed by atoms with Crippen molar-refractivity contribution in [1.29, 1.82) is 0 Å². The van der Waals surface area contributed by atoms with Gasteiger partial charge in [-0.1, -0.05) is 0 Å². The number of hydrogen-bond acceptors (Lipinski definition) is 3. The fourth-order valence-corrected chi connectivity index (χ4v) is 0.819. The molecule has 0 saturated heterocycles. The van der Waals surface area contributed by atoms with Crippen molar-refractivity contribution >= 4 is 12.2 Å². The number of rotatable bonds is 3. The number of aliphatic imine (C=N–C) groups is 1. The third kappa shape index (κ3) is 2.56. The zero-order chi connectivity index (χ0) is 8.81. The Bertz CT molecular complexity index is 305. The lowest BCUT2D eigenvalue weighted by Crippen LogP contribution is -1.80. The average molecular weight is 163 g/mol. The Labute approximate surface area is 70.4 Å². The van der Waals surface area contributed by atoms with Gasteiger partial charge in [-0.2, -0.15) is 0 Å². The summed E-state index contributed by atoms with van der Waals surface area (Å²) in [5, 5.41) is 0. The maximum atomic E-state index is 9.77. The van der Waals surface area contributed by atoms with Crippen LogP contribution in [-0.4, -0.2) is 12.6 Å². The van der Waals surface area contributed by atoms with E-state index < -0.39 is 0 Å². The zero-order valence-electron chi connectivity index (χ0n) is 6.78. The first-order valence-corrected chi connectivity index (χ1v) is 3.57. The highest BCUT2D eigenvalue weighted by atomic mass is 16.3. The molecule has 62 valence electrons. The smallest absolute Gasteiger partial charge is 0.235 e. The molecule has 0 bridgehead atoms. The first kappa shape index (κ1) is 8.50. The van der Waals surface area contributed by atoms with Gasteiger partial charge in [0.1, 0.15) is 5.76 Å². The fourth-order valence-electron chi connectivity index (χ4n) is 0.819. The minimum atomic E-state index is 0.379. The van der Waals surface area contributed by atoms with E-state index in [0.717, 1.165) is 11.3 Å². The molecule has 1 rings (SSSR count). The van der Waals surface area contributed by atoms with Crippen molar-refractivity contribution < 1.29 is 9.21 Å². The maximum absolute atomic E-state index is 9.77. The van der Waals surface area contributed by atoms with E-state index in [1.807, 2.05) is 25.1 Å². The van der Waals surface area contributed by atoms with Crippen LogP contribution in [0, 0.1) is 0 Å². The van der Waals surface area contributed by atoms with Crippen molar-refractivity contribution in [1.82, 2.24) is 0 Å². The van der Waals surface area contributed by atoms with E-state index in [-0.39, 0.29) is 0 Å². The second-order valence-corrected chi connectivity index (χ2v) is 2.41. The van der Waals surface area contributed by atoms with Crippen molar-refractivity contribution in [2.45, 2.75) is 6.92 Å². The molecule has 0 N–H and O–H groups in total. The van der Waals surface area contributed by atoms with E-state index in [4.69, 9.17) is 4.42 Å². The van der Waals surface area contributed by atoms with Gasteiger partial charge < -0.3 is 4.42 Å². The standard InChI is InChI=1S/C9H9NO2/c1-8(6-10-7-11)5-9-3-2-4-12-9/h2-5H,6H2,1H3/b8-5+. The third-order valence-electron chi connectivity index (χ3n) is 1.32. The molecular weight excluding hydrogens is 154 g/mol. The van der Waals surface area contributed by atoms with Crippen LogP contribution < -0.4 is 0 Å². The third-order valence-corrected chi connectivity index (χ3v) is 1.32. The summed E-state index contributed by atoms with van der Waals surface area (Å²) in [5.74, 6) is 0.772. The predicted octanol–water partition coefficient (Wildman–Crippen LogP) is 2.02. The van der Waals surface area contributed by atoms with Crippen LogP contribution >= 0.6 is 0 Å². The molecule has 3 heteroatoms. The molecule has 0 aliphatic carbocycles. The molecule has 0 radical (unpaired) electrons. The van der Waals surface area contributed by atoms with Crippen LogP contribution in [0.3, 0.4) is 0 Å². The lowest BCUT2D eigenvalue weighted by atomic mass is 10.2. The molecule has 0 fully saturated rings. The molecule has 1 aromatic rings. The Kier molecular flexibility index (Phi) is 3.05. The normalized spacial score (nSPS) is 10.9. The summed E-state index contributed by atoms with van der Waals surface area (Å²) in [5.41, 5.74) is 0.966. The summed E-state index contributed by atoms with van der Waals surface area (Å²) in [6.45, 7) is 2.26. The molecule has 1 heterocycles. The predicted molar refractivity (Wildman–Crippen MR) is 45.3 cm³/mol. The highest BCUT2D eigenvalue weighted by molar-refractivity contribution is 5.47.